The van der Waals surface area contributed by atoms with E-state index in [0.29, 0.717) is 19.2 Å². The SMILES string of the molecule is COCCN(C(=O)C1(N)CC1)C1CCSC1. The van der Waals surface area contributed by atoms with E-state index >= 15 is 0 Å². The molecule has 0 radical (unpaired) electrons. The Hall–Kier alpha value is -0.260. The van der Waals surface area contributed by atoms with Crippen molar-refractivity contribution in [2.75, 3.05) is 31.8 Å². The first kappa shape index (κ1) is 12.2. The highest BCUT2D eigenvalue weighted by Gasteiger charge is 2.49. The average Bonchev–Trinajstić information content (AvgIpc) is 2.82. The molecular formula is C11H20N2O2S. The summed E-state index contributed by atoms with van der Waals surface area (Å²) in [6.07, 6.45) is 2.78. The van der Waals surface area contributed by atoms with Gasteiger partial charge < -0.3 is 15.4 Å². The van der Waals surface area contributed by atoms with E-state index in [2.05, 4.69) is 0 Å². The number of nitrogens with two attached hydrogens (primary N) is 1. The summed E-state index contributed by atoms with van der Waals surface area (Å²) in [5.41, 5.74) is 5.45. The molecule has 1 saturated heterocycles. The van der Waals surface area contributed by atoms with Crippen LogP contribution in [0.2, 0.25) is 0 Å². The van der Waals surface area contributed by atoms with Gasteiger partial charge in [-0.25, -0.2) is 0 Å². The van der Waals surface area contributed by atoms with E-state index in [1.165, 1.54) is 0 Å². The fraction of sp³-hybridized carbons (Fsp3) is 0.909. The van der Waals surface area contributed by atoms with Crippen LogP contribution in [0.3, 0.4) is 0 Å². The zero-order valence-corrected chi connectivity index (χ0v) is 10.6. The molecule has 1 aliphatic carbocycles. The number of carbonyl (C=O) groups is 1. The number of thioether (sulfide) groups is 1. The molecule has 2 N–H and O–H groups in total. The second-order valence-electron chi connectivity index (χ2n) is 4.66. The van der Waals surface area contributed by atoms with Crippen molar-refractivity contribution in [3.8, 4) is 0 Å². The number of amides is 1. The van der Waals surface area contributed by atoms with Crippen molar-refractivity contribution in [1.82, 2.24) is 4.90 Å². The van der Waals surface area contributed by atoms with Crippen LogP contribution < -0.4 is 5.73 Å². The number of carbonyl (C=O) groups excluding carboxylic acids is 1. The predicted molar refractivity (Wildman–Crippen MR) is 65.5 cm³/mol. The van der Waals surface area contributed by atoms with Gasteiger partial charge in [0.15, 0.2) is 0 Å². The smallest absolute Gasteiger partial charge is 0.243 e. The molecule has 4 nitrogen and oxygen atoms in total. The third kappa shape index (κ3) is 2.52. The van der Waals surface area contributed by atoms with Crippen LogP contribution in [0.5, 0.6) is 0 Å². The lowest BCUT2D eigenvalue weighted by Crippen LogP contribution is -2.51. The van der Waals surface area contributed by atoms with E-state index in [1.807, 2.05) is 16.7 Å². The minimum absolute atomic E-state index is 0.136. The summed E-state index contributed by atoms with van der Waals surface area (Å²) >= 11 is 1.92. The minimum Gasteiger partial charge on any atom is -0.383 e. The van der Waals surface area contributed by atoms with Crippen molar-refractivity contribution >= 4 is 17.7 Å². The maximum Gasteiger partial charge on any atom is 0.243 e. The molecule has 2 rings (SSSR count). The average molecular weight is 244 g/mol. The van der Waals surface area contributed by atoms with E-state index in [4.69, 9.17) is 10.5 Å². The molecule has 0 bridgehead atoms. The van der Waals surface area contributed by atoms with Gasteiger partial charge in [-0.1, -0.05) is 0 Å². The van der Waals surface area contributed by atoms with Gasteiger partial charge in [-0.05, 0) is 25.0 Å². The van der Waals surface area contributed by atoms with E-state index in [9.17, 15) is 4.79 Å². The monoisotopic (exact) mass is 244 g/mol. The van der Waals surface area contributed by atoms with Gasteiger partial charge in [0, 0.05) is 25.4 Å². The molecule has 0 aromatic carbocycles. The van der Waals surface area contributed by atoms with Crippen molar-refractivity contribution in [2.45, 2.75) is 30.8 Å². The van der Waals surface area contributed by atoms with E-state index in [-0.39, 0.29) is 5.91 Å². The van der Waals surface area contributed by atoms with Crippen molar-refractivity contribution in [3.05, 3.63) is 0 Å². The van der Waals surface area contributed by atoms with Crippen LogP contribution in [0, 0.1) is 0 Å². The summed E-state index contributed by atoms with van der Waals surface area (Å²) in [7, 11) is 1.67. The zero-order valence-electron chi connectivity index (χ0n) is 9.78. The van der Waals surface area contributed by atoms with Gasteiger partial charge in [-0.3, -0.25) is 4.79 Å². The number of ether oxygens (including phenoxy) is 1. The van der Waals surface area contributed by atoms with Crippen LogP contribution in [0.4, 0.5) is 0 Å². The summed E-state index contributed by atoms with van der Waals surface area (Å²) in [6.45, 7) is 1.28. The maximum atomic E-state index is 12.3. The van der Waals surface area contributed by atoms with Gasteiger partial charge in [0.25, 0.3) is 0 Å². The Morgan fingerprint density at radius 1 is 1.62 bits per heavy atom. The second kappa shape index (κ2) is 4.94. The Bertz CT molecular complexity index is 263. The topological polar surface area (TPSA) is 55.6 Å². The lowest BCUT2D eigenvalue weighted by molar-refractivity contribution is -0.136. The van der Waals surface area contributed by atoms with Crippen LogP contribution in [0.25, 0.3) is 0 Å². The van der Waals surface area contributed by atoms with Crippen molar-refractivity contribution in [1.29, 1.82) is 0 Å². The minimum atomic E-state index is -0.541. The molecule has 2 fully saturated rings. The molecule has 92 valence electrons. The molecule has 5 heteroatoms. The molecule has 1 amide bonds. The summed E-state index contributed by atoms with van der Waals surface area (Å²) in [4.78, 5) is 14.2. The molecule has 1 atom stereocenters. The largest absolute Gasteiger partial charge is 0.383 e. The molecule has 0 spiro atoms. The molecule has 0 aromatic rings. The molecule has 1 heterocycles. The molecule has 0 aromatic heterocycles. The number of hydrogen-bond donors (Lipinski definition) is 1. The Morgan fingerprint density at radius 3 is 2.88 bits per heavy atom. The normalized spacial score (nSPS) is 26.8. The van der Waals surface area contributed by atoms with Gasteiger partial charge in [0.05, 0.1) is 12.1 Å². The Labute approximate surface area is 101 Å². The van der Waals surface area contributed by atoms with Crippen LogP contribution in [0.1, 0.15) is 19.3 Å². The lowest BCUT2D eigenvalue weighted by atomic mass is 10.1. The second-order valence-corrected chi connectivity index (χ2v) is 5.81. The van der Waals surface area contributed by atoms with Crippen molar-refractivity contribution < 1.29 is 9.53 Å². The third-order valence-corrected chi connectivity index (χ3v) is 4.50. The van der Waals surface area contributed by atoms with Crippen LogP contribution in [0.15, 0.2) is 0 Å². The first-order valence-electron chi connectivity index (χ1n) is 5.84. The fourth-order valence-corrected chi connectivity index (χ4v) is 3.27. The van der Waals surface area contributed by atoms with Crippen molar-refractivity contribution in [2.24, 2.45) is 5.73 Å². The highest BCUT2D eigenvalue weighted by Crippen LogP contribution is 2.36. The van der Waals surface area contributed by atoms with Gasteiger partial charge in [0.2, 0.25) is 5.91 Å². The van der Waals surface area contributed by atoms with Crippen LogP contribution in [-0.4, -0.2) is 54.2 Å². The van der Waals surface area contributed by atoms with Crippen LogP contribution in [-0.2, 0) is 9.53 Å². The number of nitrogens with zero attached hydrogens (tertiary/aromatic N) is 1. The van der Waals surface area contributed by atoms with Gasteiger partial charge in [-0.2, -0.15) is 11.8 Å². The Balaban J connectivity index is 1.98. The van der Waals surface area contributed by atoms with E-state index < -0.39 is 5.54 Å². The van der Waals surface area contributed by atoms with E-state index in [0.717, 1.165) is 30.8 Å². The molecule has 1 unspecified atom stereocenters. The van der Waals surface area contributed by atoms with E-state index in [1.54, 1.807) is 7.11 Å². The fourth-order valence-electron chi connectivity index (χ4n) is 2.04. The highest BCUT2D eigenvalue weighted by molar-refractivity contribution is 7.99. The molecule has 2 aliphatic rings. The number of methoxy groups -OCH3 is 1. The van der Waals surface area contributed by atoms with Gasteiger partial charge >= 0.3 is 0 Å². The Kier molecular flexibility index (Phi) is 3.77. The zero-order chi connectivity index (χ0) is 11.6. The predicted octanol–water partition coefficient (Wildman–Crippen LogP) is 0.458. The van der Waals surface area contributed by atoms with Gasteiger partial charge in [-0.15, -0.1) is 0 Å². The van der Waals surface area contributed by atoms with Crippen LogP contribution >= 0.6 is 11.8 Å². The number of rotatable bonds is 5. The lowest BCUT2D eigenvalue weighted by Gasteiger charge is -2.30. The molecular weight excluding hydrogens is 224 g/mol. The molecule has 1 aliphatic heterocycles. The first-order chi connectivity index (χ1) is 7.67. The maximum absolute atomic E-state index is 12.3. The van der Waals surface area contributed by atoms with Crippen molar-refractivity contribution in [3.63, 3.8) is 0 Å². The molecule has 16 heavy (non-hydrogen) atoms. The summed E-state index contributed by atoms with van der Waals surface area (Å²) in [5.74, 6) is 2.34. The summed E-state index contributed by atoms with van der Waals surface area (Å²) in [6, 6.07) is 0.369. The highest BCUT2D eigenvalue weighted by atomic mass is 32.2. The summed E-state index contributed by atoms with van der Waals surface area (Å²) < 4.78 is 5.07. The number of hydrogen-bond acceptors (Lipinski definition) is 4. The molecule has 1 saturated carbocycles. The Morgan fingerprint density at radius 2 is 2.38 bits per heavy atom. The summed E-state index contributed by atoms with van der Waals surface area (Å²) in [5, 5.41) is 0. The standard InChI is InChI=1S/C11H20N2O2S/c1-15-6-5-13(9-2-7-16-8-9)10(14)11(12)3-4-11/h9H,2-8,12H2,1H3. The van der Waals surface area contributed by atoms with Gasteiger partial charge in [0.1, 0.15) is 0 Å². The third-order valence-electron chi connectivity index (χ3n) is 3.36. The first-order valence-corrected chi connectivity index (χ1v) is 6.99. The quantitative estimate of drug-likeness (QED) is 0.763.